The van der Waals surface area contributed by atoms with Crippen LogP contribution in [0, 0.1) is 5.82 Å². The van der Waals surface area contributed by atoms with E-state index in [-0.39, 0.29) is 18.2 Å². The highest BCUT2D eigenvalue weighted by Crippen LogP contribution is 2.30. The number of rotatable bonds is 6. The number of halogens is 3. The summed E-state index contributed by atoms with van der Waals surface area (Å²) in [5.41, 5.74) is 0.351. The molecule has 1 aliphatic rings. The molecule has 160 valence electrons. The summed E-state index contributed by atoms with van der Waals surface area (Å²) < 4.78 is 53.7. The third-order valence-electron chi connectivity index (χ3n) is 5.30. The van der Waals surface area contributed by atoms with Crippen molar-refractivity contribution >= 4 is 22.5 Å². The van der Waals surface area contributed by atoms with Crippen molar-refractivity contribution in [2.24, 2.45) is 0 Å². The zero-order valence-electron chi connectivity index (χ0n) is 16.4. The Morgan fingerprint density at radius 1 is 1.26 bits per heavy atom. The lowest BCUT2D eigenvalue weighted by molar-refractivity contribution is 0.141. The number of anilines is 1. The van der Waals surface area contributed by atoms with Crippen molar-refractivity contribution in [2.75, 3.05) is 18.5 Å². The van der Waals surface area contributed by atoms with Gasteiger partial charge in [-0.05, 0) is 18.2 Å². The maximum Gasteiger partial charge on any atom is 0.266 e. The second-order valence-corrected chi connectivity index (χ2v) is 7.31. The summed E-state index contributed by atoms with van der Waals surface area (Å²) in [5.74, 6) is 0.679. The first-order valence-corrected chi connectivity index (χ1v) is 9.90. The van der Waals surface area contributed by atoms with Gasteiger partial charge in [0.1, 0.15) is 23.5 Å². The molecular weight excluding hydrogens is 409 g/mol. The highest BCUT2D eigenvalue weighted by molar-refractivity contribution is 5.92. The lowest BCUT2D eigenvalue weighted by atomic mass is 10.1. The first kappa shape index (κ1) is 19.6. The molecule has 1 unspecified atom stereocenters. The molecular formula is C22H19F3N4O2. The molecule has 0 aliphatic carbocycles. The lowest BCUT2D eigenvalue weighted by Crippen LogP contribution is -2.15. The van der Waals surface area contributed by atoms with E-state index in [1.807, 2.05) is 22.6 Å². The maximum absolute atomic E-state index is 14.4. The van der Waals surface area contributed by atoms with E-state index in [4.69, 9.17) is 9.47 Å². The highest BCUT2D eigenvalue weighted by atomic mass is 19.3. The summed E-state index contributed by atoms with van der Waals surface area (Å²) in [4.78, 5) is 8.76. The van der Waals surface area contributed by atoms with Crippen LogP contribution in [0.1, 0.15) is 24.0 Å². The Hall–Kier alpha value is -3.33. The van der Waals surface area contributed by atoms with E-state index < -0.39 is 17.8 Å². The SMILES string of the molecule is Fc1c(CNc2nc3nccn3c3ccc(OC4CCOC4)cc23)cccc1C(F)F. The van der Waals surface area contributed by atoms with Crippen molar-refractivity contribution in [3.8, 4) is 5.75 Å². The van der Waals surface area contributed by atoms with E-state index >= 15 is 0 Å². The first-order chi connectivity index (χ1) is 15.1. The van der Waals surface area contributed by atoms with Crippen molar-refractivity contribution in [3.05, 3.63) is 65.7 Å². The molecule has 0 radical (unpaired) electrons. The molecule has 6 nitrogen and oxygen atoms in total. The van der Waals surface area contributed by atoms with Crippen LogP contribution in [-0.2, 0) is 11.3 Å². The monoisotopic (exact) mass is 428 g/mol. The molecule has 1 fully saturated rings. The van der Waals surface area contributed by atoms with Gasteiger partial charge in [0, 0.05) is 36.3 Å². The van der Waals surface area contributed by atoms with Crippen molar-refractivity contribution in [1.82, 2.24) is 14.4 Å². The van der Waals surface area contributed by atoms with E-state index in [9.17, 15) is 13.2 Å². The quantitative estimate of drug-likeness (QED) is 0.481. The predicted molar refractivity (Wildman–Crippen MR) is 109 cm³/mol. The Morgan fingerprint density at radius 2 is 2.16 bits per heavy atom. The van der Waals surface area contributed by atoms with Gasteiger partial charge in [-0.25, -0.2) is 18.2 Å². The minimum Gasteiger partial charge on any atom is -0.488 e. The Labute approximate surface area is 175 Å². The summed E-state index contributed by atoms with van der Waals surface area (Å²) in [5, 5.41) is 3.83. The fourth-order valence-corrected chi connectivity index (χ4v) is 3.73. The van der Waals surface area contributed by atoms with Gasteiger partial charge in [-0.2, -0.15) is 4.98 Å². The van der Waals surface area contributed by atoms with E-state index in [2.05, 4.69) is 15.3 Å². The second-order valence-electron chi connectivity index (χ2n) is 7.31. The number of aromatic nitrogens is 3. The average molecular weight is 428 g/mol. The maximum atomic E-state index is 14.4. The predicted octanol–water partition coefficient (Wildman–Crippen LogP) is 4.74. The number of nitrogens with one attached hydrogen (secondary N) is 1. The Kier molecular flexibility index (Phi) is 5.11. The smallest absolute Gasteiger partial charge is 0.266 e. The summed E-state index contributed by atoms with van der Waals surface area (Å²) in [6, 6.07) is 9.60. The number of benzene rings is 2. The number of nitrogens with zero attached hydrogens (tertiary/aromatic N) is 3. The first-order valence-electron chi connectivity index (χ1n) is 9.90. The van der Waals surface area contributed by atoms with E-state index in [1.54, 1.807) is 12.4 Å². The van der Waals surface area contributed by atoms with Gasteiger partial charge in [0.05, 0.1) is 24.3 Å². The lowest BCUT2D eigenvalue weighted by Gasteiger charge is -2.15. The normalized spacial score (nSPS) is 16.5. The molecule has 31 heavy (non-hydrogen) atoms. The molecule has 0 amide bonds. The van der Waals surface area contributed by atoms with Gasteiger partial charge in [0.15, 0.2) is 0 Å². The van der Waals surface area contributed by atoms with Crippen LogP contribution >= 0.6 is 0 Å². The van der Waals surface area contributed by atoms with Crippen LogP contribution in [0.25, 0.3) is 16.7 Å². The number of imidazole rings is 1. The summed E-state index contributed by atoms with van der Waals surface area (Å²) in [7, 11) is 0. The Balaban J connectivity index is 1.51. The van der Waals surface area contributed by atoms with Crippen molar-refractivity contribution in [3.63, 3.8) is 0 Å². The highest BCUT2D eigenvalue weighted by Gasteiger charge is 2.19. The van der Waals surface area contributed by atoms with Crippen LogP contribution in [-0.4, -0.2) is 33.7 Å². The van der Waals surface area contributed by atoms with Crippen LogP contribution in [0.15, 0.2) is 48.8 Å². The van der Waals surface area contributed by atoms with Gasteiger partial charge in [0.25, 0.3) is 6.43 Å². The van der Waals surface area contributed by atoms with Crippen LogP contribution in [0.2, 0.25) is 0 Å². The molecule has 1 aliphatic heterocycles. The zero-order valence-corrected chi connectivity index (χ0v) is 16.4. The number of ether oxygens (including phenoxy) is 2. The molecule has 1 saturated heterocycles. The zero-order chi connectivity index (χ0) is 21.4. The molecule has 4 aromatic rings. The van der Waals surface area contributed by atoms with Gasteiger partial charge in [-0.1, -0.05) is 18.2 Å². The van der Waals surface area contributed by atoms with Gasteiger partial charge in [-0.3, -0.25) is 4.40 Å². The number of alkyl halides is 2. The van der Waals surface area contributed by atoms with Crippen LogP contribution in [0.3, 0.4) is 0 Å². The third-order valence-corrected chi connectivity index (χ3v) is 5.30. The fourth-order valence-electron chi connectivity index (χ4n) is 3.73. The van der Waals surface area contributed by atoms with E-state index in [0.29, 0.717) is 30.6 Å². The molecule has 0 spiro atoms. The largest absolute Gasteiger partial charge is 0.488 e. The molecule has 0 bridgehead atoms. The summed E-state index contributed by atoms with van der Waals surface area (Å²) in [6.07, 6.45) is 1.37. The summed E-state index contributed by atoms with van der Waals surface area (Å²) >= 11 is 0. The van der Waals surface area contributed by atoms with Gasteiger partial charge >= 0.3 is 0 Å². The molecule has 2 aromatic heterocycles. The van der Waals surface area contributed by atoms with Gasteiger partial charge in [0.2, 0.25) is 5.78 Å². The standard InChI is InChI=1S/C22H19F3N4O2/c23-19-13(2-1-3-16(19)20(24)25)11-27-21-17-10-14(31-15-6-9-30-12-15)4-5-18(17)29-8-7-26-22(29)28-21/h1-5,7-8,10,15,20H,6,9,11-12H2,(H,26,27,28). The van der Waals surface area contributed by atoms with Crippen molar-refractivity contribution in [2.45, 2.75) is 25.5 Å². The molecule has 0 saturated carbocycles. The number of fused-ring (bicyclic) bond motifs is 3. The van der Waals surface area contributed by atoms with E-state index in [1.165, 1.54) is 12.1 Å². The van der Waals surface area contributed by atoms with Crippen LogP contribution in [0.4, 0.5) is 19.0 Å². The minimum atomic E-state index is -2.88. The van der Waals surface area contributed by atoms with Crippen molar-refractivity contribution < 1.29 is 22.6 Å². The molecule has 3 heterocycles. The number of hydrogen-bond donors (Lipinski definition) is 1. The molecule has 5 rings (SSSR count). The Bertz CT molecular complexity index is 1240. The average Bonchev–Trinajstić information content (AvgIpc) is 3.44. The minimum absolute atomic E-state index is 0.00702. The molecule has 2 aromatic carbocycles. The fraction of sp³-hybridized carbons (Fsp3) is 0.273. The second kappa shape index (κ2) is 8.07. The topological polar surface area (TPSA) is 60.7 Å². The van der Waals surface area contributed by atoms with Crippen LogP contribution in [0.5, 0.6) is 5.75 Å². The van der Waals surface area contributed by atoms with Crippen LogP contribution < -0.4 is 10.1 Å². The van der Waals surface area contributed by atoms with Crippen molar-refractivity contribution in [1.29, 1.82) is 0 Å². The van der Waals surface area contributed by atoms with Gasteiger partial charge in [-0.15, -0.1) is 0 Å². The summed E-state index contributed by atoms with van der Waals surface area (Å²) in [6.45, 7) is 1.21. The Morgan fingerprint density at radius 3 is 2.97 bits per heavy atom. The molecule has 1 atom stereocenters. The molecule has 1 N–H and O–H groups in total. The molecule has 9 heteroatoms. The third kappa shape index (κ3) is 3.76. The van der Waals surface area contributed by atoms with Gasteiger partial charge < -0.3 is 14.8 Å². The number of hydrogen-bond acceptors (Lipinski definition) is 5. The van der Waals surface area contributed by atoms with E-state index in [0.717, 1.165) is 23.4 Å².